The van der Waals surface area contributed by atoms with E-state index in [0.29, 0.717) is 12.4 Å². The summed E-state index contributed by atoms with van der Waals surface area (Å²) in [6.45, 7) is 1.45. The largest absolute Gasteiger partial charge is 0.493 e. The Bertz CT molecular complexity index is 1440. The zero-order chi connectivity index (χ0) is 23.8. The van der Waals surface area contributed by atoms with Gasteiger partial charge >= 0.3 is 0 Å². The van der Waals surface area contributed by atoms with Crippen LogP contribution in [0.1, 0.15) is 40.8 Å². The minimum Gasteiger partial charge on any atom is -0.493 e. The highest BCUT2D eigenvalue weighted by Crippen LogP contribution is 2.45. The summed E-state index contributed by atoms with van der Waals surface area (Å²) in [5.74, 6) is 0.618. The van der Waals surface area contributed by atoms with Gasteiger partial charge in [0.15, 0.2) is 0 Å². The Morgan fingerprint density at radius 1 is 1.00 bits per heavy atom. The number of aromatic nitrogens is 2. The first-order chi connectivity index (χ1) is 17.1. The molecule has 0 aliphatic carbocycles. The van der Waals surface area contributed by atoms with Crippen molar-refractivity contribution in [2.24, 2.45) is 0 Å². The van der Waals surface area contributed by atoms with Gasteiger partial charge in [-0.25, -0.2) is 13.4 Å². The molecule has 2 atom stereocenters. The van der Waals surface area contributed by atoms with Crippen LogP contribution in [0.2, 0.25) is 0 Å². The first kappa shape index (κ1) is 22.2. The van der Waals surface area contributed by atoms with E-state index in [1.807, 2.05) is 12.1 Å². The van der Waals surface area contributed by atoms with E-state index in [4.69, 9.17) is 4.74 Å². The molecule has 6 rings (SSSR count). The van der Waals surface area contributed by atoms with Crippen molar-refractivity contribution < 1.29 is 13.2 Å². The molecule has 0 saturated carbocycles. The van der Waals surface area contributed by atoms with Gasteiger partial charge in [-0.3, -0.25) is 9.62 Å². The number of benzene rings is 3. The van der Waals surface area contributed by atoms with Gasteiger partial charge < -0.3 is 4.74 Å². The lowest BCUT2D eigenvalue weighted by atomic mass is 9.85. The molecule has 0 amide bonds. The smallest absolute Gasteiger partial charge is 0.263 e. The fourth-order valence-electron chi connectivity index (χ4n) is 5.18. The molecule has 1 N–H and O–H groups in total. The highest BCUT2D eigenvalue weighted by Gasteiger charge is 2.37. The Labute approximate surface area is 208 Å². The second-order valence-electron chi connectivity index (χ2n) is 8.70. The fourth-order valence-corrected chi connectivity index (χ4v) is 6.86. The molecule has 9 heteroatoms. The maximum atomic E-state index is 12.9. The van der Waals surface area contributed by atoms with Crippen LogP contribution in [0, 0.1) is 0 Å². The quantitative estimate of drug-likeness (QED) is 0.420. The predicted octanol–water partition coefficient (Wildman–Crippen LogP) is 4.81. The molecule has 0 unspecified atom stereocenters. The Balaban J connectivity index is 1.37. The number of ether oxygens (including phenoxy) is 1. The van der Waals surface area contributed by atoms with E-state index >= 15 is 0 Å². The van der Waals surface area contributed by atoms with E-state index in [2.05, 4.69) is 67.5 Å². The van der Waals surface area contributed by atoms with Gasteiger partial charge in [-0.1, -0.05) is 60.7 Å². The molecule has 0 saturated heterocycles. The van der Waals surface area contributed by atoms with Gasteiger partial charge in [0.2, 0.25) is 5.13 Å². The van der Waals surface area contributed by atoms with Crippen LogP contribution >= 0.6 is 11.5 Å². The van der Waals surface area contributed by atoms with Crippen molar-refractivity contribution in [3.8, 4) is 5.75 Å². The summed E-state index contributed by atoms with van der Waals surface area (Å²) in [6.07, 6.45) is 3.14. The number of nitrogens with one attached hydrogen (secondary N) is 1. The summed E-state index contributed by atoms with van der Waals surface area (Å²) in [5, 5.41) is 0.235. The molecule has 3 aromatic carbocycles. The second kappa shape index (κ2) is 9.07. The van der Waals surface area contributed by atoms with Gasteiger partial charge in [0.25, 0.3) is 10.0 Å². The van der Waals surface area contributed by atoms with Crippen molar-refractivity contribution in [3.05, 3.63) is 101 Å². The lowest BCUT2D eigenvalue weighted by Gasteiger charge is -2.44. The number of hydrogen-bond acceptors (Lipinski definition) is 7. The first-order valence-electron chi connectivity index (χ1n) is 11.5. The van der Waals surface area contributed by atoms with Gasteiger partial charge in [-0.05, 0) is 29.2 Å². The van der Waals surface area contributed by atoms with Crippen molar-refractivity contribution >= 4 is 26.7 Å². The van der Waals surface area contributed by atoms with Crippen LogP contribution in [-0.2, 0) is 16.4 Å². The molecular formula is C26H24N4O3S2. The van der Waals surface area contributed by atoms with Crippen LogP contribution in [0.25, 0.3) is 0 Å². The average molecular weight is 505 g/mol. The van der Waals surface area contributed by atoms with E-state index < -0.39 is 10.0 Å². The average Bonchev–Trinajstić information content (AvgIpc) is 3.40. The molecule has 0 bridgehead atoms. The first-order valence-corrected chi connectivity index (χ1v) is 13.8. The Kier molecular flexibility index (Phi) is 5.75. The van der Waals surface area contributed by atoms with Gasteiger partial charge in [-0.2, -0.15) is 4.37 Å². The molecule has 4 aromatic rings. The number of fused-ring (bicyclic) bond motifs is 2. The van der Waals surface area contributed by atoms with E-state index in [1.165, 1.54) is 23.0 Å². The summed E-state index contributed by atoms with van der Waals surface area (Å²) >= 11 is 0.996. The Morgan fingerprint density at radius 3 is 2.66 bits per heavy atom. The van der Waals surface area contributed by atoms with Crippen molar-refractivity contribution in [1.29, 1.82) is 0 Å². The van der Waals surface area contributed by atoms with Gasteiger partial charge in [0.05, 0.1) is 17.5 Å². The minimum atomic E-state index is -3.79. The highest BCUT2D eigenvalue weighted by atomic mass is 32.2. The second-order valence-corrected chi connectivity index (χ2v) is 11.2. The molecule has 178 valence electrons. The molecule has 2 aliphatic heterocycles. The normalized spacial score (nSPS) is 19.9. The number of anilines is 1. The predicted molar refractivity (Wildman–Crippen MR) is 135 cm³/mol. The summed E-state index contributed by atoms with van der Waals surface area (Å²) in [4.78, 5) is 6.62. The molecule has 1 aromatic heterocycles. The molecular weight excluding hydrogens is 480 g/mol. The van der Waals surface area contributed by atoms with Crippen molar-refractivity contribution in [2.45, 2.75) is 29.8 Å². The molecule has 35 heavy (non-hydrogen) atoms. The van der Waals surface area contributed by atoms with Crippen LogP contribution in [0.5, 0.6) is 5.75 Å². The number of hydrogen-bond donors (Lipinski definition) is 1. The highest BCUT2D eigenvalue weighted by molar-refractivity contribution is 7.93. The maximum absolute atomic E-state index is 12.9. The zero-order valence-electron chi connectivity index (χ0n) is 18.9. The zero-order valence-corrected chi connectivity index (χ0v) is 20.5. The number of rotatable bonds is 5. The third kappa shape index (κ3) is 4.20. The lowest BCUT2D eigenvalue weighted by Crippen LogP contribution is -2.40. The van der Waals surface area contributed by atoms with E-state index in [0.717, 1.165) is 36.5 Å². The van der Waals surface area contributed by atoms with Gasteiger partial charge in [0, 0.05) is 42.2 Å². The van der Waals surface area contributed by atoms with Crippen LogP contribution in [0.3, 0.4) is 0 Å². The van der Waals surface area contributed by atoms with Crippen LogP contribution < -0.4 is 9.46 Å². The summed E-state index contributed by atoms with van der Waals surface area (Å²) in [5.41, 5.74) is 4.99. The molecule has 0 spiro atoms. The van der Waals surface area contributed by atoms with Crippen molar-refractivity contribution in [3.63, 3.8) is 0 Å². The van der Waals surface area contributed by atoms with Gasteiger partial charge in [0.1, 0.15) is 12.1 Å². The molecule has 0 radical (unpaired) electrons. The number of nitrogens with zero attached hydrogens (tertiary/aromatic N) is 3. The Hall–Kier alpha value is -3.27. The molecule has 7 nitrogen and oxygen atoms in total. The number of sulfonamides is 1. The lowest BCUT2D eigenvalue weighted by molar-refractivity contribution is 0.105. The third-order valence-corrected chi connectivity index (χ3v) is 8.77. The minimum absolute atomic E-state index is 0.116. The van der Waals surface area contributed by atoms with E-state index in [1.54, 1.807) is 12.1 Å². The summed E-state index contributed by atoms with van der Waals surface area (Å²) < 4.78 is 38.1. The fraction of sp³-hybridized carbons (Fsp3) is 0.231. The van der Waals surface area contributed by atoms with Crippen LogP contribution in [0.4, 0.5) is 5.13 Å². The van der Waals surface area contributed by atoms with Crippen LogP contribution in [0.15, 0.2) is 84.0 Å². The van der Waals surface area contributed by atoms with E-state index in [9.17, 15) is 8.42 Å². The molecule has 3 heterocycles. The van der Waals surface area contributed by atoms with Crippen molar-refractivity contribution in [2.75, 3.05) is 17.9 Å². The van der Waals surface area contributed by atoms with Gasteiger partial charge in [-0.15, -0.1) is 0 Å². The summed E-state index contributed by atoms with van der Waals surface area (Å²) in [7, 11) is -3.79. The SMILES string of the molecule is O=S(=O)(Nc1ncns1)c1ccc2c(c1)OCC[C@@H]2N1CCc2ccccc2[C@H]1c1ccccc1. The molecule has 0 fully saturated rings. The van der Waals surface area contributed by atoms with Crippen LogP contribution in [-0.4, -0.2) is 35.8 Å². The Morgan fingerprint density at radius 2 is 1.83 bits per heavy atom. The topological polar surface area (TPSA) is 84.4 Å². The summed E-state index contributed by atoms with van der Waals surface area (Å²) in [6, 6.07) is 24.7. The van der Waals surface area contributed by atoms with Crippen molar-refractivity contribution in [1.82, 2.24) is 14.3 Å². The standard InChI is InChI=1S/C26H24N4O3S2/c31-35(32,29-26-27-17-28-34-26)20-10-11-22-23(13-15-33-24(22)16-20)30-14-12-18-6-4-5-9-21(18)25(30)19-7-2-1-3-8-19/h1-11,16-17,23,25H,12-15H2,(H,27,28,29)/t23-,25+/m0/s1. The molecule has 2 aliphatic rings. The monoisotopic (exact) mass is 504 g/mol. The van der Waals surface area contributed by atoms with E-state index in [-0.39, 0.29) is 22.1 Å². The third-order valence-electron chi connectivity index (χ3n) is 6.72. The maximum Gasteiger partial charge on any atom is 0.263 e.